The van der Waals surface area contributed by atoms with Crippen LogP contribution in [-0.2, 0) is 21.1 Å². The first-order chi connectivity index (χ1) is 13.2. The number of benzene rings is 1. The molecule has 0 aliphatic carbocycles. The number of aromatic nitrogens is 2. The maximum absolute atomic E-state index is 12.3. The van der Waals surface area contributed by atoms with Crippen LogP contribution in [0.2, 0.25) is 0 Å². The number of ether oxygens (including phenoxy) is 1. The van der Waals surface area contributed by atoms with Gasteiger partial charge in [0.15, 0.2) is 0 Å². The van der Waals surface area contributed by atoms with Crippen molar-refractivity contribution in [3.05, 3.63) is 58.6 Å². The Morgan fingerprint density at radius 3 is 2.79 bits per heavy atom. The first kappa shape index (κ1) is 21.1. The number of aliphatic hydroxyl groups is 1. The first-order valence-corrected chi connectivity index (χ1v) is 12.0. The number of carbonyl (C=O) groups excluding carboxylic acids is 1. The highest BCUT2D eigenvalue weighted by Gasteiger charge is 2.36. The monoisotopic (exact) mass is 443 g/mol. The Labute approximate surface area is 170 Å². The summed E-state index contributed by atoms with van der Waals surface area (Å²) in [4.78, 5) is 37.7. The van der Waals surface area contributed by atoms with Crippen molar-refractivity contribution in [2.45, 2.75) is 24.9 Å². The fourth-order valence-corrected chi connectivity index (χ4v) is 3.41. The van der Waals surface area contributed by atoms with Gasteiger partial charge in [-0.3, -0.25) is 9.36 Å². The molecule has 4 atom stereocenters. The Morgan fingerprint density at radius 1 is 1.43 bits per heavy atom. The molecule has 1 amide bonds. The number of nitrogens with zero attached hydrogens (tertiary/aromatic N) is 2. The van der Waals surface area contributed by atoms with Gasteiger partial charge in [-0.05, 0) is 30.0 Å². The van der Waals surface area contributed by atoms with Crippen LogP contribution >= 0.6 is 17.9 Å². The number of hydrogen-bond donors (Lipinski definition) is 4. The van der Waals surface area contributed by atoms with Crippen molar-refractivity contribution >= 4 is 41.5 Å². The number of hydrogen-bond acceptors (Lipinski definition) is 7. The highest BCUT2D eigenvalue weighted by Crippen LogP contribution is 2.47. The van der Waals surface area contributed by atoms with Gasteiger partial charge in [0, 0.05) is 18.2 Å². The van der Waals surface area contributed by atoms with Crippen molar-refractivity contribution < 1.29 is 24.1 Å². The van der Waals surface area contributed by atoms with Crippen molar-refractivity contribution in [3.63, 3.8) is 0 Å². The Bertz CT molecular complexity index is 951. The molecule has 12 heteroatoms. The summed E-state index contributed by atoms with van der Waals surface area (Å²) >= 11 is 8.41. The topological polar surface area (TPSA) is 123 Å². The van der Waals surface area contributed by atoms with Crippen molar-refractivity contribution in [2.75, 3.05) is 11.9 Å². The van der Waals surface area contributed by atoms with Gasteiger partial charge in [0.2, 0.25) is 5.69 Å². The third-order valence-corrected chi connectivity index (χ3v) is 5.18. The van der Waals surface area contributed by atoms with Crippen LogP contribution in [0.1, 0.15) is 23.0 Å². The van der Waals surface area contributed by atoms with E-state index in [0.29, 0.717) is 5.56 Å². The lowest BCUT2D eigenvalue weighted by Crippen LogP contribution is -2.29. The van der Waals surface area contributed by atoms with Gasteiger partial charge in [-0.25, -0.2) is 4.79 Å². The van der Waals surface area contributed by atoms with Crippen LogP contribution in [0, 0.1) is 0 Å². The van der Waals surface area contributed by atoms with E-state index >= 15 is 0 Å². The van der Waals surface area contributed by atoms with Crippen LogP contribution in [0.5, 0.6) is 0 Å². The van der Waals surface area contributed by atoms with Crippen LogP contribution in [0.4, 0.5) is 5.82 Å². The quantitative estimate of drug-likeness (QED) is 0.389. The lowest BCUT2D eigenvalue weighted by atomic mass is 10.2. The predicted octanol–water partition coefficient (Wildman–Crippen LogP) is 1.31. The summed E-state index contributed by atoms with van der Waals surface area (Å²) in [5.74, 6) is -0.286. The van der Waals surface area contributed by atoms with E-state index in [2.05, 4.69) is 34.4 Å². The van der Waals surface area contributed by atoms with Gasteiger partial charge < -0.3 is 24.6 Å². The Balaban J connectivity index is 1.67. The zero-order valence-electron chi connectivity index (χ0n) is 14.4. The first-order valence-electron chi connectivity index (χ1n) is 8.22. The van der Waals surface area contributed by atoms with E-state index in [0.717, 1.165) is 0 Å². The van der Waals surface area contributed by atoms with E-state index in [1.54, 1.807) is 30.3 Å². The number of aliphatic hydroxyl groups excluding tert-OH is 1. The fourth-order valence-electron chi connectivity index (χ4n) is 2.69. The molecule has 0 bridgehead atoms. The van der Waals surface area contributed by atoms with Crippen LogP contribution in [0.3, 0.4) is 0 Å². The Morgan fingerprint density at radius 2 is 2.14 bits per heavy atom. The Kier molecular flexibility index (Phi) is 6.66. The van der Waals surface area contributed by atoms with Crippen LogP contribution < -0.4 is 11.0 Å². The number of carbonyl (C=O) groups is 1. The predicted molar refractivity (Wildman–Crippen MR) is 109 cm³/mol. The summed E-state index contributed by atoms with van der Waals surface area (Å²) in [6.07, 6.45) is -0.892. The second-order valence-corrected chi connectivity index (χ2v) is 11.2. The molecule has 1 aliphatic heterocycles. The third-order valence-electron chi connectivity index (χ3n) is 4.03. The minimum absolute atomic E-state index is 0.101. The van der Waals surface area contributed by atoms with E-state index < -0.39 is 29.8 Å². The van der Waals surface area contributed by atoms with E-state index in [9.17, 15) is 19.6 Å². The van der Waals surface area contributed by atoms with Gasteiger partial charge in [-0.15, -0.1) is 0 Å². The standard InChI is InChI=1S/C16H18N3O6PS2/c20-11-8-14(25-12(11)9-24-26(23,27)28)19-7-6-13(18-16(19)22)17-15(21)10-4-2-1-3-5-10/h1-7,11-12,14,20H,8-9H2,(H2,23,27,28)(H,17,18,21,22)/t11-,12+,14+/m0/s1. The van der Waals surface area contributed by atoms with Crippen LogP contribution in [0.25, 0.3) is 0 Å². The molecule has 1 saturated heterocycles. The molecule has 1 fully saturated rings. The summed E-state index contributed by atoms with van der Waals surface area (Å²) < 4.78 is 11.8. The molecule has 0 radical (unpaired) electrons. The molecule has 3 N–H and O–H groups in total. The summed E-state index contributed by atoms with van der Waals surface area (Å²) in [6.45, 7) is -0.150. The molecular weight excluding hydrogens is 425 g/mol. The third kappa shape index (κ3) is 5.48. The molecule has 9 nitrogen and oxygen atoms in total. The minimum atomic E-state index is -3.18. The largest absolute Gasteiger partial charge is 0.390 e. The number of anilines is 1. The lowest BCUT2D eigenvalue weighted by Gasteiger charge is -2.17. The molecule has 2 aromatic rings. The van der Waals surface area contributed by atoms with Crippen molar-refractivity contribution in [1.82, 2.24) is 9.55 Å². The molecule has 1 aliphatic rings. The average Bonchev–Trinajstić information content (AvgIpc) is 3.01. The summed E-state index contributed by atoms with van der Waals surface area (Å²) in [7, 11) is 0. The molecular formula is C16H18N3O6PS2. The summed E-state index contributed by atoms with van der Waals surface area (Å²) in [5, 5.41) is 12.6. The number of thiol groups is 1. The van der Waals surface area contributed by atoms with E-state index in [4.69, 9.17) is 9.26 Å². The SMILES string of the molecule is O=C(Nc1ccn([C@H]2C[C@H](O)[C@@H](COP(O)(=S)S)O2)c(=O)n1)c1ccccc1. The van der Waals surface area contributed by atoms with Crippen LogP contribution in [0.15, 0.2) is 47.4 Å². The molecule has 0 saturated carbocycles. The zero-order chi connectivity index (χ0) is 20.3. The average molecular weight is 443 g/mol. The molecule has 0 spiro atoms. The summed E-state index contributed by atoms with van der Waals surface area (Å²) in [5.41, 5.74) is -3.39. The number of nitrogens with one attached hydrogen (secondary N) is 1. The highest BCUT2D eigenvalue weighted by atomic mass is 32.9. The highest BCUT2D eigenvalue weighted by molar-refractivity contribution is 8.59. The van der Waals surface area contributed by atoms with Crippen molar-refractivity contribution in [1.29, 1.82) is 0 Å². The molecule has 1 aromatic carbocycles. The maximum Gasteiger partial charge on any atom is 0.351 e. The molecule has 1 unspecified atom stereocenters. The number of amides is 1. The van der Waals surface area contributed by atoms with E-state index in [1.807, 2.05) is 0 Å². The Hall–Kier alpha value is -1.59. The fraction of sp³-hybridized carbons (Fsp3) is 0.312. The molecule has 1 aromatic heterocycles. The van der Waals surface area contributed by atoms with E-state index in [1.165, 1.54) is 16.8 Å². The normalized spacial score (nSPS) is 23.9. The lowest BCUT2D eigenvalue weighted by molar-refractivity contribution is -0.0401. The zero-order valence-corrected chi connectivity index (χ0v) is 17.0. The van der Waals surface area contributed by atoms with Gasteiger partial charge >= 0.3 is 5.69 Å². The van der Waals surface area contributed by atoms with Gasteiger partial charge in [0.05, 0.1) is 12.7 Å². The minimum Gasteiger partial charge on any atom is -0.390 e. The molecule has 2 heterocycles. The van der Waals surface area contributed by atoms with Crippen molar-refractivity contribution in [2.24, 2.45) is 0 Å². The second kappa shape index (κ2) is 8.83. The molecule has 150 valence electrons. The summed E-state index contributed by atoms with van der Waals surface area (Å²) in [6, 6.07) is 9.99. The van der Waals surface area contributed by atoms with Gasteiger partial charge in [0.25, 0.3) is 5.91 Å². The van der Waals surface area contributed by atoms with Gasteiger partial charge in [0.1, 0.15) is 18.1 Å². The maximum atomic E-state index is 12.3. The smallest absolute Gasteiger partial charge is 0.351 e. The van der Waals surface area contributed by atoms with E-state index in [-0.39, 0.29) is 24.8 Å². The number of rotatable bonds is 6. The second-order valence-electron chi connectivity index (χ2n) is 6.04. The van der Waals surface area contributed by atoms with Gasteiger partial charge in [-0.2, -0.15) is 4.98 Å². The molecule has 3 rings (SSSR count). The van der Waals surface area contributed by atoms with Crippen LogP contribution in [-0.4, -0.2) is 44.3 Å². The van der Waals surface area contributed by atoms with Gasteiger partial charge in [-0.1, -0.05) is 30.4 Å². The van der Waals surface area contributed by atoms with Crippen molar-refractivity contribution in [3.8, 4) is 0 Å². The molecule has 28 heavy (non-hydrogen) atoms.